The number of allylic oxidation sites excluding steroid dienone is 1. The lowest BCUT2D eigenvalue weighted by Crippen LogP contribution is -2.72. The number of ketones is 2. The summed E-state index contributed by atoms with van der Waals surface area (Å²) in [6.45, 7) is 5.79. The molecule has 0 radical (unpaired) electrons. The molecule has 2 aromatic rings. The van der Waals surface area contributed by atoms with Gasteiger partial charge in [-0.2, -0.15) is 0 Å². The van der Waals surface area contributed by atoms with E-state index in [9.17, 15) is 19.5 Å². The molecule has 37 heavy (non-hydrogen) atoms. The molecule has 2 fully saturated rings. The quantitative estimate of drug-likeness (QED) is 0.471. The summed E-state index contributed by atoms with van der Waals surface area (Å²) in [5.74, 6) is -1.48. The molecule has 192 valence electrons. The maximum absolute atomic E-state index is 13.9. The molecule has 0 unspecified atom stereocenters. The highest BCUT2D eigenvalue weighted by Crippen LogP contribution is 2.67. The number of hydrogen-bond acceptors (Lipinski definition) is 8. The number of imidazole rings is 1. The molecule has 7 rings (SSSR count). The number of aromatic hydroxyl groups is 1. The van der Waals surface area contributed by atoms with Gasteiger partial charge in [0.1, 0.15) is 30.2 Å². The van der Waals surface area contributed by atoms with Gasteiger partial charge in [-0.1, -0.05) is 18.2 Å². The number of esters is 1. The largest absolute Gasteiger partial charge is 0.507 e. The van der Waals surface area contributed by atoms with E-state index >= 15 is 0 Å². The van der Waals surface area contributed by atoms with Crippen molar-refractivity contribution in [3.05, 3.63) is 65.8 Å². The van der Waals surface area contributed by atoms with Crippen LogP contribution in [-0.2, 0) is 25.6 Å². The lowest BCUT2D eigenvalue weighted by Gasteiger charge is -2.56. The predicted molar refractivity (Wildman–Crippen MR) is 130 cm³/mol. The zero-order chi connectivity index (χ0) is 26.2. The molecule has 0 amide bonds. The summed E-state index contributed by atoms with van der Waals surface area (Å²) in [6.07, 6.45) is 9.03. The molecule has 9 heteroatoms. The van der Waals surface area contributed by atoms with Crippen molar-refractivity contribution >= 4 is 17.5 Å². The van der Waals surface area contributed by atoms with Crippen molar-refractivity contribution in [1.82, 2.24) is 9.55 Å². The van der Waals surface area contributed by atoms with Crippen LogP contribution in [0, 0.1) is 11.8 Å². The van der Waals surface area contributed by atoms with Gasteiger partial charge in [0.2, 0.25) is 0 Å². The third kappa shape index (κ3) is 3.19. The first kappa shape index (κ1) is 23.7. The topological polar surface area (TPSA) is 117 Å². The third-order valence-electron chi connectivity index (χ3n) is 8.18. The van der Waals surface area contributed by atoms with Crippen molar-refractivity contribution in [3.63, 3.8) is 0 Å². The normalized spacial score (nSPS) is 30.9. The van der Waals surface area contributed by atoms with E-state index in [1.165, 1.54) is 12.4 Å². The van der Waals surface area contributed by atoms with Gasteiger partial charge in [0.05, 0.1) is 11.9 Å². The maximum Gasteiger partial charge on any atom is 0.326 e. The Kier molecular flexibility index (Phi) is 5.04. The Balaban J connectivity index is 1.34. The van der Waals surface area contributed by atoms with Crippen LogP contribution >= 0.6 is 0 Å². The molecule has 4 atom stereocenters. The van der Waals surface area contributed by atoms with E-state index < -0.39 is 28.7 Å². The molecule has 1 spiro atoms. The number of hydrogen-bond donors (Lipinski definition) is 1. The van der Waals surface area contributed by atoms with Gasteiger partial charge in [-0.25, -0.2) is 4.98 Å². The maximum atomic E-state index is 13.9. The second-order valence-electron chi connectivity index (χ2n) is 10.8. The van der Waals surface area contributed by atoms with E-state index in [-0.39, 0.29) is 54.1 Å². The van der Waals surface area contributed by atoms with Crippen molar-refractivity contribution in [2.75, 3.05) is 6.61 Å². The van der Waals surface area contributed by atoms with Gasteiger partial charge in [0.25, 0.3) is 0 Å². The van der Waals surface area contributed by atoms with Crippen LogP contribution in [0.1, 0.15) is 44.0 Å². The Labute approximate surface area is 213 Å². The van der Waals surface area contributed by atoms with Crippen LogP contribution < -0.4 is 4.74 Å². The van der Waals surface area contributed by atoms with Crippen LogP contribution in [0.4, 0.5) is 0 Å². The molecule has 4 bridgehead atoms. The molecular formula is C28H28N2O7. The highest BCUT2D eigenvalue weighted by molar-refractivity contribution is 6.18. The predicted octanol–water partition coefficient (Wildman–Crippen LogP) is 3.18. The molecule has 1 saturated heterocycles. The fourth-order valence-electron chi connectivity index (χ4n) is 6.62. The summed E-state index contributed by atoms with van der Waals surface area (Å²) in [4.78, 5) is 43.7. The Morgan fingerprint density at radius 3 is 2.89 bits per heavy atom. The van der Waals surface area contributed by atoms with Crippen LogP contribution in [0.2, 0.25) is 0 Å². The molecule has 1 aromatic heterocycles. The van der Waals surface area contributed by atoms with E-state index in [1.807, 2.05) is 26.8 Å². The van der Waals surface area contributed by atoms with Gasteiger partial charge < -0.3 is 23.9 Å². The molecule has 1 aromatic carbocycles. The van der Waals surface area contributed by atoms with Gasteiger partial charge in [-0.15, -0.1) is 0 Å². The zero-order valence-electron chi connectivity index (χ0n) is 20.9. The van der Waals surface area contributed by atoms with Crippen LogP contribution in [0.3, 0.4) is 0 Å². The smallest absolute Gasteiger partial charge is 0.326 e. The number of ether oxygens (including phenoxy) is 3. The van der Waals surface area contributed by atoms with Crippen molar-refractivity contribution in [3.8, 4) is 11.5 Å². The molecule has 1 N–H and O–H groups in total. The first-order valence-corrected chi connectivity index (χ1v) is 12.4. The monoisotopic (exact) mass is 504 g/mol. The summed E-state index contributed by atoms with van der Waals surface area (Å²) in [5, 5.41) is 10.4. The summed E-state index contributed by atoms with van der Waals surface area (Å²) in [7, 11) is 0. The van der Waals surface area contributed by atoms with Gasteiger partial charge >= 0.3 is 5.97 Å². The summed E-state index contributed by atoms with van der Waals surface area (Å²) >= 11 is 0. The number of nitrogens with zero attached hydrogens (tertiary/aromatic N) is 2. The number of rotatable bonds is 6. The molecule has 3 aliphatic carbocycles. The van der Waals surface area contributed by atoms with Gasteiger partial charge in [0, 0.05) is 36.2 Å². The van der Waals surface area contributed by atoms with Crippen LogP contribution in [0.25, 0.3) is 0 Å². The van der Waals surface area contributed by atoms with Crippen molar-refractivity contribution < 1.29 is 33.7 Å². The second kappa shape index (κ2) is 7.89. The molecular weight excluding hydrogens is 476 g/mol. The van der Waals surface area contributed by atoms with E-state index in [1.54, 1.807) is 35.2 Å². The zero-order valence-corrected chi connectivity index (χ0v) is 20.9. The number of carbonyl (C=O) groups excluding carboxylic acids is 3. The second-order valence-corrected chi connectivity index (χ2v) is 10.8. The highest BCUT2D eigenvalue weighted by Gasteiger charge is 2.81. The number of Topliss-reactive ketones (excluding diaryl/α,β-unsaturated/α-hetero) is 2. The van der Waals surface area contributed by atoms with Crippen molar-refractivity contribution in [2.45, 2.75) is 57.0 Å². The Bertz CT molecular complexity index is 1390. The van der Waals surface area contributed by atoms with E-state index in [0.29, 0.717) is 12.0 Å². The SMILES string of the molecule is C/C(=C/C[C@@]12OC(C)(C)[C@@H]3C[C@@H](C=C4C(=O)c5c(O)cccc5O[C@]431)C2=O)COC(=O)Cn1ccnc1. The first-order chi connectivity index (χ1) is 17.6. The average Bonchev–Trinajstić information content (AvgIpc) is 3.41. The molecule has 5 aliphatic rings. The Morgan fingerprint density at radius 2 is 2.14 bits per heavy atom. The number of fused-ring (bicyclic) bond motifs is 1. The number of benzene rings is 1. The van der Waals surface area contributed by atoms with E-state index in [0.717, 1.165) is 5.57 Å². The minimum Gasteiger partial charge on any atom is -0.507 e. The minimum atomic E-state index is -1.42. The van der Waals surface area contributed by atoms with Crippen LogP contribution in [0.5, 0.6) is 11.5 Å². The fourth-order valence-corrected chi connectivity index (χ4v) is 6.62. The number of carbonyl (C=O) groups is 3. The van der Waals surface area contributed by atoms with Gasteiger partial charge in [0.15, 0.2) is 22.8 Å². The summed E-state index contributed by atoms with van der Waals surface area (Å²) in [5.41, 5.74) is -2.23. The van der Waals surface area contributed by atoms with E-state index in [4.69, 9.17) is 14.2 Å². The lowest BCUT2D eigenvalue weighted by molar-refractivity contribution is -0.171. The number of aromatic nitrogens is 2. The highest BCUT2D eigenvalue weighted by atomic mass is 16.6. The van der Waals surface area contributed by atoms with Crippen LogP contribution in [-0.4, -0.2) is 55.6 Å². The number of phenolic OH excluding ortho intramolecular Hbond substituents is 1. The first-order valence-electron chi connectivity index (χ1n) is 12.4. The molecule has 2 aliphatic heterocycles. The summed E-state index contributed by atoms with van der Waals surface area (Å²) < 4.78 is 20.3. The standard InChI is InChI=1S/C28H28N2O7/c1-16(14-35-22(32)13-30-10-9-29-15-30)7-8-27-25(34)17-11-18-24(33)23-19(31)5-4-6-20(23)36-28(18,27)21(12-17)26(2,3)37-27/h4-7,9-11,15,17,21,31H,8,12-14H2,1-3H3/b16-7-/t17-,21+,27+,28-/m1/s1. The minimum absolute atomic E-state index is 0.0514. The lowest BCUT2D eigenvalue weighted by atomic mass is 9.51. The van der Waals surface area contributed by atoms with Crippen molar-refractivity contribution in [1.29, 1.82) is 0 Å². The average molecular weight is 505 g/mol. The van der Waals surface area contributed by atoms with Gasteiger partial charge in [-0.3, -0.25) is 14.4 Å². The third-order valence-corrected chi connectivity index (χ3v) is 8.18. The summed E-state index contributed by atoms with van der Waals surface area (Å²) in [6, 6.07) is 4.71. The van der Waals surface area contributed by atoms with Crippen molar-refractivity contribution in [2.24, 2.45) is 11.8 Å². The molecule has 3 heterocycles. The molecule has 1 saturated carbocycles. The molecule has 9 nitrogen and oxygen atoms in total. The van der Waals surface area contributed by atoms with E-state index in [2.05, 4.69) is 4.98 Å². The Morgan fingerprint density at radius 1 is 1.32 bits per heavy atom. The van der Waals surface area contributed by atoms with Crippen LogP contribution in [0.15, 0.2) is 60.2 Å². The fraction of sp³-hybridized carbons (Fsp3) is 0.429. The number of phenols is 1. The van der Waals surface area contributed by atoms with Gasteiger partial charge in [-0.05, 0) is 44.9 Å². The Hall–Kier alpha value is -3.72.